The van der Waals surface area contributed by atoms with E-state index >= 15 is 0 Å². The van der Waals surface area contributed by atoms with Crippen LogP contribution in [0.5, 0.6) is 0 Å². The first-order valence-corrected chi connectivity index (χ1v) is 9.47. The summed E-state index contributed by atoms with van der Waals surface area (Å²) < 4.78 is 10.6. The molecule has 0 radical (unpaired) electrons. The van der Waals surface area contributed by atoms with E-state index in [1.807, 2.05) is 6.92 Å². The number of unbranched alkanes of at least 4 members (excludes halogenated alkanes) is 9. The summed E-state index contributed by atoms with van der Waals surface area (Å²) in [6.45, 7) is 2.04. The number of allylic oxidation sites excluding steroid dienone is 4. The zero-order valence-corrected chi connectivity index (χ0v) is 15.5. The molecular formula is C21H34O3. The first-order valence-electron chi connectivity index (χ1n) is 9.47. The van der Waals surface area contributed by atoms with E-state index in [1.54, 1.807) is 13.2 Å². The maximum absolute atomic E-state index is 11.2. The van der Waals surface area contributed by atoms with Crippen LogP contribution >= 0.6 is 0 Å². The van der Waals surface area contributed by atoms with Crippen molar-refractivity contribution in [3.8, 4) is 0 Å². The van der Waals surface area contributed by atoms with Crippen molar-refractivity contribution in [2.45, 2.75) is 83.3 Å². The van der Waals surface area contributed by atoms with E-state index in [0.29, 0.717) is 0 Å². The van der Waals surface area contributed by atoms with Gasteiger partial charge in [0.25, 0.3) is 0 Å². The zero-order chi connectivity index (χ0) is 17.5. The molecule has 1 atom stereocenters. The van der Waals surface area contributed by atoms with E-state index in [-0.39, 0.29) is 5.97 Å². The Hall–Kier alpha value is -1.35. The maximum atomic E-state index is 11.2. The Morgan fingerprint density at radius 1 is 1.00 bits per heavy atom. The van der Waals surface area contributed by atoms with Gasteiger partial charge in [0.2, 0.25) is 5.79 Å². The van der Waals surface area contributed by atoms with Gasteiger partial charge in [0.1, 0.15) is 0 Å². The monoisotopic (exact) mass is 334 g/mol. The lowest BCUT2D eigenvalue weighted by Crippen LogP contribution is -2.30. The van der Waals surface area contributed by atoms with Gasteiger partial charge in [-0.25, -0.2) is 4.79 Å². The first kappa shape index (κ1) is 20.7. The molecule has 1 unspecified atom stereocenters. The Balaban J connectivity index is 1.87. The van der Waals surface area contributed by atoms with Crippen LogP contribution in [0.15, 0.2) is 36.5 Å². The van der Waals surface area contributed by atoms with Gasteiger partial charge >= 0.3 is 5.97 Å². The van der Waals surface area contributed by atoms with Crippen molar-refractivity contribution < 1.29 is 14.3 Å². The quantitative estimate of drug-likeness (QED) is 0.226. The normalized spacial score (nSPS) is 20.5. The molecule has 1 aliphatic heterocycles. The molecule has 0 amide bonds. The molecule has 0 fully saturated rings. The van der Waals surface area contributed by atoms with Crippen molar-refractivity contribution in [2.75, 3.05) is 7.11 Å². The summed E-state index contributed by atoms with van der Waals surface area (Å²) >= 11 is 0. The maximum Gasteiger partial charge on any atom is 0.333 e. The minimum absolute atomic E-state index is 0.297. The summed E-state index contributed by atoms with van der Waals surface area (Å²) in [6, 6.07) is 0. The van der Waals surface area contributed by atoms with Crippen LogP contribution in [-0.2, 0) is 14.3 Å². The molecule has 0 spiro atoms. The summed E-state index contributed by atoms with van der Waals surface area (Å²) in [5.74, 6) is -1.09. The number of carbonyl (C=O) groups is 1. The lowest BCUT2D eigenvalue weighted by Gasteiger charge is -2.24. The van der Waals surface area contributed by atoms with Crippen LogP contribution in [0, 0.1) is 0 Å². The summed E-state index contributed by atoms with van der Waals surface area (Å²) in [5, 5.41) is 0. The topological polar surface area (TPSA) is 35.5 Å². The molecule has 0 bridgehead atoms. The first-order chi connectivity index (χ1) is 11.7. The Morgan fingerprint density at radius 3 is 2.17 bits per heavy atom. The molecule has 24 heavy (non-hydrogen) atoms. The molecule has 0 aliphatic carbocycles. The summed E-state index contributed by atoms with van der Waals surface area (Å²) in [7, 11) is 1.60. The van der Waals surface area contributed by atoms with Crippen molar-refractivity contribution >= 4 is 5.97 Å². The number of hydrogen-bond donors (Lipinski definition) is 0. The minimum atomic E-state index is -0.793. The number of cyclic esters (lactones) is 1. The summed E-state index contributed by atoms with van der Waals surface area (Å²) in [6.07, 6.45) is 25.1. The van der Waals surface area contributed by atoms with Crippen molar-refractivity contribution in [1.82, 2.24) is 0 Å². The standard InChI is InChI=1S/C21H34O3/c1-3-4-5-6-7-8-9-10-11-12-13-14-15-16-18-21(23-2)19-17-20(22)24-21/h3-6,17,19H,7-16,18H2,1-2H3. The Bertz CT molecular complexity index is 423. The summed E-state index contributed by atoms with van der Waals surface area (Å²) in [5.41, 5.74) is 0. The molecule has 136 valence electrons. The van der Waals surface area contributed by atoms with Gasteiger partial charge in [-0.2, -0.15) is 0 Å². The van der Waals surface area contributed by atoms with Crippen LogP contribution in [-0.4, -0.2) is 18.9 Å². The second-order valence-corrected chi connectivity index (χ2v) is 6.44. The van der Waals surface area contributed by atoms with Crippen molar-refractivity contribution in [3.63, 3.8) is 0 Å². The molecule has 0 aromatic carbocycles. The molecule has 1 rings (SSSR count). The van der Waals surface area contributed by atoms with Crippen LogP contribution in [0.25, 0.3) is 0 Å². The van der Waals surface area contributed by atoms with Gasteiger partial charge in [-0.3, -0.25) is 0 Å². The molecule has 0 aromatic rings. The lowest BCUT2D eigenvalue weighted by atomic mass is 10.0. The summed E-state index contributed by atoms with van der Waals surface area (Å²) in [4.78, 5) is 11.2. The number of carbonyl (C=O) groups excluding carboxylic acids is 1. The van der Waals surface area contributed by atoms with Gasteiger partial charge < -0.3 is 9.47 Å². The highest BCUT2D eigenvalue weighted by Gasteiger charge is 2.34. The second-order valence-electron chi connectivity index (χ2n) is 6.44. The molecule has 0 saturated heterocycles. The zero-order valence-electron chi connectivity index (χ0n) is 15.5. The predicted octanol–water partition coefficient (Wildman–Crippen LogP) is 5.87. The molecule has 0 N–H and O–H groups in total. The molecule has 1 heterocycles. The van der Waals surface area contributed by atoms with E-state index in [1.165, 1.54) is 63.9 Å². The molecular weight excluding hydrogens is 300 g/mol. The van der Waals surface area contributed by atoms with E-state index < -0.39 is 5.79 Å². The van der Waals surface area contributed by atoms with E-state index in [2.05, 4.69) is 24.3 Å². The molecule has 3 heteroatoms. The smallest absolute Gasteiger partial charge is 0.333 e. The molecule has 3 nitrogen and oxygen atoms in total. The van der Waals surface area contributed by atoms with Gasteiger partial charge in [-0.1, -0.05) is 69.2 Å². The van der Waals surface area contributed by atoms with Gasteiger partial charge in [0, 0.05) is 19.6 Å². The number of esters is 1. The molecule has 1 aliphatic rings. The number of rotatable bonds is 14. The van der Waals surface area contributed by atoms with Crippen LogP contribution in [0.1, 0.15) is 77.6 Å². The fraction of sp³-hybridized carbons (Fsp3) is 0.667. The average Bonchev–Trinajstić information content (AvgIpc) is 2.97. The van der Waals surface area contributed by atoms with Crippen molar-refractivity contribution in [2.24, 2.45) is 0 Å². The van der Waals surface area contributed by atoms with Crippen molar-refractivity contribution in [3.05, 3.63) is 36.5 Å². The minimum Gasteiger partial charge on any atom is -0.426 e. The van der Waals surface area contributed by atoms with E-state index in [0.717, 1.165) is 12.8 Å². The Labute approximate surface area is 147 Å². The second kappa shape index (κ2) is 13.0. The van der Waals surface area contributed by atoms with Gasteiger partial charge in [-0.05, 0) is 32.3 Å². The van der Waals surface area contributed by atoms with Crippen LogP contribution in [0.4, 0.5) is 0 Å². The lowest BCUT2D eigenvalue weighted by molar-refractivity contribution is -0.190. The van der Waals surface area contributed by atoms with E-state index in [4.69, 9.17) is 9.47 Å². The van der Waals surface area contributed by atoms with Crippen LogP contribution < -0.4 is 0 Å². The highest BCUT2D eigenvalue weighted by molar-refractivity contribution is 5.84. The third kappa shape index (κ3) is 9.07. The van der Waals surface area contributed by atoms with Gasteiger partial charge in [-0.15, -0.1) is 0 Å². The third-order valence-electron chi connectivity index (χ3n) is 4.43. The number of ether oxygens (including phenoxy) is 2. The van der Waals surface area contributed by atoms with Gasteiger partial charge in [0.05, 0.1) is 0 Å². The Morgan fingerprint density at radius 2 is 1.62 bits per heavy atom. The Kier molecular flexibility index (Phi) is 11.2. The highest BCUT2D eigenvalue weighted by Crippen LogP contribution is 2.27. The third-order valence-corrected chi connectivity index (χ3v) is 4.43. The fourth-order valence-electron chi connectivity index (χ4n) is 2.94. The molecule has 0 aromatic heterocycles. The predicted molar refractivity (Wildman–Crippen MR) is 99.7 cm³/mol. The SMILES string of the molecule is CC=CC=CCCCCCCCCCCCC1(OC)C=CC(=O)O1. The fourth-order valence-corrected chi connectivity index (χ4v) is 2.94. The van der Waals surface area contributed by atoms with E-state index in [9.17, 15) is 4.79 Å². The van der Waals surface area contributed by atoms with Crippen LogP contribution in [0.2, 0.25) is 0 Å². The van der Waals surface area contributed by atoms with Crippen molar-refractivity contribution in [1.29, 1.82) is 0 Å². The van der Waals surface area contributed by atoms with Gasteiger partial charge in [0.15, 0.2) is 0 Å². The van der Waals surface area contributed by atoms with Crippen LogP contribution in [0.3, 0.4) is 0 Å². The number of methoxy groups -OCH3 is 1. The number of hydrogen-bond acceptors (Lipinski definition) is 3. The average molecular weight is 334 g/mol. The molecule has 0 saturated carbocycles. The largest absolute Gasteiger partial charge is 0.426 e. The highest BCUT2D eigenvalue weighted by atomic mass is 16.7.